The number of benzene rings is 1. The molecule has 0 saturated carbocycles. The smallest absolute Gasteiger partial charge is 0.139 e. The lowest BCUT2D eigenvalue weighted by Gasteiger charge is -2.08. The fourth-order valence-corrected chi connectivity index (χ4v) is 2.60. The van der Waals surface area contributed by atoms with Crippen LogP contribution in [-0.4, -0.2) is 34.4 Å². The number of aromatic nitrogens is 2. The van der Waals surface area contributed by atoms with Gasteiger partial charge in [0.15, 0.2) is 0 Å². The van der Waals surface area contributed by atoms with Crippen molar-refractivity contribution in [3.63, 3.8) is 0 Å². The number of nitrogens with one attached hydrogen (secondary N) is 1. The van der Waals surface area contributed by atoms with Gasteiger partial charge in [0.1, 0.15) is 24.0 Å². The minimum Gasteiger partial charge on any atom is -0.327 e. The summed E-state index contributed by atoms with van der Waals surface area (Å²) in [6.45, 7) is 2.44. The number of fused-ring (bicyclic) bond motifs is 1. The summed E-state index contributed by atoms with van der Waals surface area (Å²) in [5.41, 5.74) is 2.57. The third-order valence-electron chi connectivity index (χ3n) is 3.60. The van der Waals surface area contributed by atoms with Crippen molar-refractivity contribution in [3.8, 4) is 12.3 Å². The summed E-state index contributed by atoms with van der Waals surface area (Å²) in [6, 6.07) is 6.59. The van der Waals surface area contributed by atoms with Crippen molar-refractivity contribution in [2.24, 2.45) is 17.0 Å². The second-order valence-corrected chi connectivity index (χ2v) is 5.17. The SMILES string of the molecule is C#CCN=C1CN=C(c2ccccc2F)c2c(C)nn(C)c2N1. The third kappa shape index (κ3) is 2.73. The molecule has 116 valence electrons. The third-order valence-corrected chi connectivity index (χ3v) is 3.60. The van der Waals surface area contributed by atoms with Gasteiger partial charge < -0.3 is 5.32 Å². The van der Waals surface area contributed by atoms with Gasteiger partial charge in [-0.1, -0.05) is 18.1 Å². The summed E-state index contributed by atoms with van der Waals surface area (Å²) >= 11 is 0. The molecule has 1 aromatic heterocycles. The van der Waals surface area contributed by atoms with E-state index in [2.05, 4.69) is 26.3 Å². The van der Waals surface area contributed by atoms with E-state index < -0.39 is 0 Å². The highest BCUT2D eigenvalue weighted by atomic mass is 19.1. The Labute approximate surface area is 134 Å². The van der Waals surface area contributed by atoms with Crippen LogP contribution in [0.15, 0.2) is 34.3 Å². The predicted molar refractivity (Wildman–Crippen MR) is 89.6 cm³/mol. The molecule has 1 N–H and O–H groups in total. The van der Waals surface area contributed by atoms with Crippen LogP contribution in [0.3, 0.4) is 0 Å². The summed E-state index contributed by atoms with van der Waals surface area (Å²) in [4.78, 5) is 8.85. The summed E-state index contributed by atoms with van der Waals surface area (Å²) in [5, 5.41) is 7.63. The molecule has 3 rings (SSSR count). The number of nitrogens with zero attached hydrogens (tertiary/aromatic N) is 4. The Hall–Kier alpha value is -2.94. The first-order valence-corrected chi connectivity index (χ1v) is 7.19. The molecule has 0 radical (unpaired) electrons. The minimum absolute atomic E-state index is 0.263. The van der Waals surface area contributed by atoms with Gasteiger partial charge in [-0.05, 0) is 19.1 Å². The largest absolute Gasteiger partial charge is 0.327 e. The minimum atomic E-state index is -0.315. The highest BCUT2D eigenvalue weighted by Crippen LogP contribution is 2.26. The van der Waals surface area contributed by atoms with Crippen molar-refractivity contribution < 1.29 is 4.39 Å². The maximum atomic E-state index is 14.3. The second kappa shape index (κ2) is 6.05. The molecule has 2 aromatic rings. The van der Waals surface area contributed by atoms with Crippen LogP contribution in [0.25, 0.3) is 0 Å². The van der Waals surface area contributed by atoms with Crippen LogP contribution in [0, 0.1) is 25.1 Å². The van der Waals surface area contributed by atoms with Crippen molar-refractivity contribution >= 4 is 17.4 Å². The van der Waals surface area contributed by atoms with Gasteiger partial charge >= 0.3 is 0 Å². The number of aryl methyl sites for hydroxylation is 2. The van der Waals surface area contributed by atoms with Gasteiger partial charge in [0, 0.05) is 12.6 Å². The molecule has 0 amide bonds. The van der Waals surface area contributed by atoms with Crippen LogP contribution in [0.1, 0.15) is 16.8 Å². The summed E-state index contributed by atoms with van der Waals surface area (Å²) in [6.07, 6.45) is 5.26. The van der Waals surface area contributed by atoms with Crippen LogP contribution in [0.2, 0.25) is 0 Å². The average Bonchev–Trinajstić information content (AvgIpc) is 2.72. The topological polar surface area (TPSA) is 54.6 Å². The van der Waals surface area contributed by atoms with Crippen molar-refractivity contribution in [1.29, 1.82) is 0 Å². The lowest BCUT2D eigenvalue weighted by Crippen LogP contribution is -2.17. The molecule has 0 atom stereocenters. The molecule has 5 nitrogen and oxygen atoms in total. The van der Waals surface area contributed by atoms with E-state index in [0.29, 0.717) is 23.7 Å². The van der Waals surface area contributed by atoms with Gasteiger partial charge in [-0.3, -0.25) is 14.7 Å². The zero-order valence-corrected chi connectivity index (χ0v) is 13.0. The highest BCUT2D eigenvalue weighted by Gasteiger charge is 2.25. The molecule has 0 bridgehead atoms. The molecule has 0 fully saturated rings. The lowest BCUT2D eigenvalue weighted by molar-refractivity contribution is 0.625. The molecule has 23 heavy (non-hydrogen) atoms. The summed E-state index contributed by atoms with van der Waals surface area (Å²) in [7, 11) is 1.82. The van der Waals surface area contributed by atoms with Gasteiger partial charge in [0.05, 0.1) is 23.5 Å². The lowest BCUT2D eigenvalue weighted by atomic mass is 10.0. The van der Waals surface area contributed by atoms with E-state index in [4.69, 9.17) is 6.42 Å². The van der Waals surface area contributed by atoms with Crippen molar-refractivity contribution in [2.45, 2.75) is 6.92 Å². The first-order valence-electron chi connectivity index (χ1n) is 7.19. The molecular formula is C17H16FN5. The molecule has 0 unspecified atom stereocenters. The van der Waals surface area contributed by atoms with E-state index in [1.807, 2.05) is 14.0 Å². The Morgan fingerprint density at radius 3 is 2.96 bits per heavy atom. The molecule has 0 aliphatic carbocycles. The molecule has 1 aromatic carbocycles. The molecule has 1 aliphatic rings. The number of hydrogen-bond acceptors (Lipinski definition) is 3. The zero-order chi connectivity index (χ0) is 16.4. The number of terminal acetylenes is 1. The number of amidine groups is 1. The molecule has 1 aliphatic heterocycles. The van der Waals surface area contributed by atoms with Crippen LogP contribution in [-0.2, 0) is 7.05 Å². The first kappa shape index (κ1) is 15.0. The molecule has 0 saturated heterocycles. The van der Waals surface area contributed by atoms with E-state index in [9.17, 15) is 4.39 Å². The Morgan fingerprint density at radius 1 is 1.43 bits per heavy atom. The van der Waals surface area contributed by atoms with Crippen LogP contribution in [0.5, 0.6) is 0 Å². The van der Waals surface area contributed by atoms with Gasteiger partial charge in [-0.25, -0.2) is 4.39 Å². The Kier molecular flexibility index (Phi) is 3.94. The maximum absolute atomic E-state index is 14.3. The number of rotatable bonds is 2. The van der Waals surface area contributed by atoms with E-state index in [1.54, 1.807) is 22.9 Å². The number of aliphatic imine (C=N–C) groups is 2. The number of hydrogen-bond donors (Lipinski definition) is 1. The van der Waals surface area contributed by atoms with Crippen LogP contribution >= 0.6 is 0 Å². The fraction of sp³-hybridized carbons (Fsp3) is 0.235. The van der Waals surface area contributed by atoms with E-state index >= 15 is 0 Å². The normalized spacial score (nSPS) is 15.4. The van der Waals surface area contributed by atoms with Gasteiger partial charge in [0.2, 0.25) is 0 Å². The number of anilines is 1. The van der Waals surface area contributed by atoms with Crippen molar-refractivity contribution in [3.05, 3.63) is 46.9 Å². The van der Waals surface area contributed by atoms with E-state index in [0.717, 1.165) is 17.1 Å². The van der Waals surface area contributed by atoms with E-state index in [1.165, 1.54) is 6.07 Å². The predicted octanol–water partition coefficient (Wildman–Crippen LogP) is 2.16. The second-order valence-electron chi connectivity index (χ2n) is 5.17. The van der Waals surface area contributed by atoms with Gasteiger partial charge in [0.25, 0.3) is 0 Å². The molecule has 0 spiro atoms. The Morgan fingerprint density at radius 2 is 2.22 bits per heavy atom. The van der Waals surface area contributed by atoms with E-state index in [-0.39, 0.29) is 12.4 Å². The van der Waals surface area contributed by atoms with Crippen LogP contribution < -0.4 is 5.32 Å². The van der Waals surface area contributed by atoms with Crippen molar-refractivity contribution in [2.75, 3.05) is 18.4 Å². The quantitative estimate of drug-likeness (QED) is 0.864. The zero-order valence-electron chi connectivity index (χ0n) is 13.0. The Bertz CT molecular complexity index is 854. The first-order chi connectivity index (χ1) is 11.1. The summed E-state index contributed by atoms with van der Waals surface area (Å²) < 4.78 is 16.0. The maximum Gasteiger partial charge on any atom is 0.139 e. The molecule has 2 heterocycles. The monoisotopic (exact) mass is 309 g/mol. The average molecular weight is 309 g/mol. The van der Waals surface area contributed by atoms with Crippen molar-refractivity contribution in [1.82, 2.24) is 9.78 Å². The number of halogens is 1. The molecule has 6 heteroatoms. The summed E-state index contributed by atoms with van der Waals surface area (Å²) in [5.74, 6) is 3.53. The fourth-order valence-electron chi connectivity index (χ4n) is 2.60. The Balaban J connectivity index is 2.19. The molecular weight excluding hydrogens is 293 g/mol. The van der Waals surface area contributed by atoms with Gasteiger partial charge in [-0.15, -0.1) is 6.42 Å². The van der Waals surface area contributed by atoms with Gasteiger partial charge in [-0.2, -0.15) is 5.10 Å². The standard InChI is InChI=1S/C17H16FN5/c1-4-9-19-14-10-20-16(12-7-5-6-8-13(12)18)15-11(2)22-23(3)17(15)21-14/h1,5-8H,9-10H2,2-3H3,(H,19,21). The van der Waals surface area contributed by atoms with Crippen LogP contribution in [0.4, 0.5) is 10.2 Å². The highest BCUT2D eigenvalue weighted by molar-refractivity contribution is 6.20.